The minimum atomic E-state index is 0.330. The molecule has 0 saturated carbocycles. The molecule has 1 aliphatic rings. The number of aromatic nitrogens is 3. The van der Waals surface area contributed by atoms with Crippen molar-refractivity contribution in [3.05, 3.63) is 53.8 Å². The number of nitrogens with zero attached hydrogens (tertiary/aromatic N) is 4. The quantitative estimate of drug-likeness (QED) is 0.806. The van der Waals surface area contributed by atoms with Crippen LogP contribution in [-0.4, -0.2) is 34.3 Å². The van der Waals surface area contributed by atoms with Gasteiger partial charge < -0.3 is 10.2 Å². The van der Waals surface area contributed by atoms with Crippen LogP contribution in [0.4, 0.5) is 11.6 Å². The molecule has 1 saturated heterocycles. The van der Waals surface area contributed by atoms with E-state index in [1.165, 1.54) is 0 Å². The van der Waals surface area contributed by atoms with Crippen LogP contribution in [0.25, 0.3) is 10.8 Å². The first-order valence-electron chi connectivity index (χ1n) is 7.14. The predicted molar refractivity (Wildman–Crippen MR) is 88.4 cm³/mol. The number of fused-ring (bicyclic) bond motifs is 1. The molecule has 0 amide bonds. The molecule has 0 radical (unpaired) electrons. The first-order valence-corrected chi connectivity index (χ1v) is 7.51. The molecule has 3 heterocycles. The molecule has 0 atom stereocenters. The van der Waals surface area contributed by atoms with E-state index < -0.39 is 0 Å². The molecule has 1 aliphatic heterocycles. The van der Waals surface area contributed by atoms with Crippen molar-refractivity contribution in [2.45, 2.75) is 6.04 Å². The largest absolute Gasteiger partial charge is 0.363 e. The van der Waals surface area contributed by atoms with E-state index in [1.54, 1.807) is 12.4 Å². The molecule has 5 nitrogen and oxygen atoms in total. The molecule has 3 aromatic rings. The van der Waals surface area contributed by atoms with E-state index in [4.69, 9.17) is 11.6 Å². The van der Waals surface area contributed by atoms with Crippen LogP contribution in [0, 0.1) is 0 Å². The fraction of sp³-hybridized carbons (Fsp3) is 0.188. The summed E-state index contributed by atoms with van der Waals surface area (Å²) in [6.07, 6.45) is 3.49. The Labute approximate surface area is 132 Å². The monoisotopic (exact) mass is 311 g/mol. The Morgan fingerprint density at radius 2 is 2.00 bits per heavy atom. The highest BCUT2D eigenvalue weighted by molar-refractivity contribution is 6.36. The number of halogens is 1. The summed E-state index contributed by atoms with van der Waals surface area (Å²) in [6, 6.07) is 12.1. The standard InChI is InChI=1S/C16H14ClN5/c17-13-4-1-3-11-6-8-18-16(15(11)13)20-12-9-22(10-12)14-5-2-7-19-21-14/h1-8,12H,9-10H2,(H,18,20). The second-order valence-electron chi connectivity index (χ2n) is 5.33. The third kappa shape index (κ3) is 2.33. The molecule has 0 bridgehead atoms. The van der Waals surface area contributed by atoms with E-state index in [1.807, 2.05) is 36.4 Å². The number of rotatable bonds is 3. The van der Waals surface area contributed by atoms with Gasteiger partial charge in [0.2, 0.25) is 0 Å². The maximum Gasteiger partial charge on any atom is 0.151 e. The molecule has 4 rings (SSSR count). The summed E-state index contributed by atoms with van der Waals surface area (Å²) in [5.74, 6) is 1.75. The zero-order valence-electron chi connectivity index (χ0n) is 11.8. The lowest BCUT2D eigenvalue weighted by molar-refractivity contribution is 0.541. The molecule has 1 aromatic carbocycles. The molecule has 0 spiro atoms. The molecule has 2 aromatic heterocycles. The van der Waals surface area contributed by atoms with Crippen molar-refractivity contribution in [2.24, 2.45) is 0 Å². The summed E-state index contributed by atoms with van der Waals surface area (Å²) in [7, 11) is 0. The topological polar surface area (TPSA) is 53.9 Å². The minimum absolute atomic E-state index is 0.330. The Bertz CT molecular complexity index is 797. The van der Waals surface area contributed by atoms with Gasteiger partial charge in [-0.3, -0.25) is 0 Å². The normalized spacial score (nSPS) is 14.9. The molecular weight excluding hydrogens is 298 g/mol. The van der Waals surface area contributed by atoms with Crippen LogP contribution in [0.1, 0.15) is 0 Å². The van der Waals surface area contributed by atoms with Crippen LogP contribution in [-0.2, 0) is 0 Å². The van der Waals surface area contributed by atoms with Crippen LogP contribution < -0.4 is 10.2 Å². The van der Waals surface area contributed by atoms with Gasteiger partial charge in [0.1, 0.15) is 5.82 Å². The zero-order valence-corrected chi connectivity index (χ0v) is 12.5. The van der Waals surface area contributed by atoms with Gasteiger partial charge in [-0.05, 0) is 29.7 Å². The summed E-state index contributed by atoms with van der Waals surface area (Å²) in [6.45, 7) is 1.75. The van der Waals surface area contributed by atoms with E-state index in [0.717, 1.165) is 40.5 Å². The minimum Gasteiger partial charge on any atom is -0.363 e. The lowest BCUT2D eigenvalue weighted by Crippen LogP contribution is -2.55. The Balaban J connectivity index is 1.52. The first-order chi connectivity index (χ1) is 10.8. The lowest BCUT2D eigenvalue weighted by Gasteiger charge is -2.40. The SMILES string of the molecule is Clc1cccc2ccnc(NC3CN(c4cccnn4)C3)c12. The van der Waals surface area contributed by atoms with Crippen molar-refractivity contribution in [1.29, 1.82) is 0 Å². The summed E-state index contributed by atoms with van der Waals surface area (Å²) >= 11 is 6.32. The number of nitrogens with one attached hydrogen (secondary N) is 1. The van der Waals surface area contributed by atoms with Crippen LogP contribution in [0.5, 0.6) is 0 Å². The van der Waals surface area contributed by atoms with Gasteiger partial charge in [-0.2, -0.15) is 5.10 Å². The molecule has 1 fully saturated rings. The molecule has 6 heteroatoms. The summed E-state index contributed by atoms with van der Waals surface area (Å²) in [5.41, 5.74) is 0. The van der Waals surface area contributed by atoms with Crippen LogP contribution in [0.2, 0.25) is 5.02 Å². The van der Waals surface area contributed by atoms with E-state index >= 15 is 0 Å². The Hall–Kier alpha value is -2.40. The maximum atomic E-state index is 6.32. The van der Waals surface area contributed by atoms with E-state index in [0.29, 0.717) is 6.04 Å². The smallest absolute Gasteiger partial charge is 0.151 e. The number of pyridine rings is 1. The average Bonchev–Trinajstić information content (AvgIpc) is 2.51. The fourth-order valence-corrected chi connectivity index (χ4v) is 2.98. The Kier molecular flexibility index (Phi) is 3.27. The van der Waals surface area contributed by atoms with Crippen LogP contribution in [0.3, 0.4) is 0 Å². The van der Waals surface area contributed by atoms with Gasteiger partial charge in [-0.25, -0.2) is 4.98 Å². The maximum absolute atomic E-state index is 6.32. The average molecular weight is 312 g/mol. The van der Waals surface area contributed by atoms with Crippen molar-refractivity contribution >= 4 is 34.0 Å². The van der Waals surface area contributed by atoms with Gasteiger partial charge >= 0.3 is 0 Å². The van der Waals surface area contributed by atoms with Crippen molar-refractivity contribution in [3.8, 4) is 0 Å². The Morgan fingerprint density at radius 1 is 1.09 bits per heavy atom. The highest BCUT2D eigenvalue weighted by Gasteiger charge is 2.28. The molecule has 110 valence electrons. The highest BCUT2D eigenvalue weighted by Crippen LogP contribution is 2.30. The van der Waals surface area contributed by atoms with Crippen LogP contribution in [0.15, 0.2) is 48.8 Å². The Morgan fingerprint density at radius 3 is 2.82 bits per heavy atom. The first kappa shape index (κ1) is 13.3. The van der Waals surface area contributed by atoms with Crippen LogP contribution >= 0.6 is 11.6 Å². The van der Waals surface area contributed by atoms with Gasteiger partial charge in [0.15, 0.2) is 5.82 Å². The molecule has 22 heavy (non-hydrogen) atoms. The van der Waals surface area contributed by atoms with Crippen molar-refractivity contribution < 1.29 is 0 Å². The second-order valence-corrected chi connectivity index (χ2v) is 5.73. The number of anilines is 2. The van der Waals surface area contributed by atoms with Gasteiger partial charge in [0, 0.05) is 30.9 Å². The molecule has 1 N–H and O–H groups in total. The second kappa shape index (κ2) is 5.42. The van der Waals surface area contributed by atoms with E-state index in [2.05, 4.69) is 25.4 Å². The van der Waals surface area contributed by atoms with E-state index in [9.17, 15) is 0 Å². The number of hydrogen-bond acceptors (Lipinski definition) is 5. The molecular formula is C16H14ClN5. The van der Waals surface area contributed by atoms with Crippen molar-refractivity contribution in [3.63, 3.8) is 0 Å². The number of hydrogen-bond donors (Lipinski definition) is 1. The van der Waals surface area contributed by atoms with Gasteiger partial charge in [0.05, 0.1) is 11.1 Å². The van der Waals surface area contributed by atoms with Crippen molar-refractivity contribution in [2.75, 3.05) is 23.3 Å². The van der Waals surface area contributed by atoms with Gasteiger partial charge in [-0.15, -0.1) is 5.10 Å². The molecule has 0 aliphatic carbocycles. The summed E-state index contributed by atoms with van der Waals surface area (Å²) in [5, 5.41) is 14.3. The van der Waals surface area contributed by atoms with Crippen molar-refractivity contribution in [1.82, 2.24) is 15.2 Å². The van der Waals surface area contributed by atoms with E-state index in [-0.39, 0.29) is 0 Å². The van der Waals surface area contributed by atoms with Gasteiger partial charge in [-0.1, -0.05) is 23.7 Å². The number of benzene rings is 1. The lowest BCUT2D eigenvalue weighted by atomic mass is 10.1. The van der Waals surface area contributed by atoms with Gasteiger partial charge in [0.25, 0.3) is 0 Å². The fourth-order valence-electron chi connectivity index (χ4n) is 2.71. The molecule has 0 unspecified atom stereocenters. The third-order valence-electron chi connectivity index (χ3n) is 3.84. The zero-order chi connectivity index (χ0) is 14.9. The predicted octanol–water partition coefficient (Wildman–Crippen LogP) is 2.98. The third-order valence-corrected chi connectivity index (χ3v) is 4.16. The summed E-state index contributed by atoms with van der Waals surface area (Å²) in [4.78, 5) is 6.62. The highest BCUT2D eigenvalue weighted by atomic mass is 35.5. The summed E-state index contributed by atoms with van der Waals surface area (Å²) < 4.78 is 0.